The number of nitrogens with zero attached hydrogens (tertiary/aromatic N) is 4. The standard InChI is InChI=1S/C25H23N5O3S/c1-17-15-20(30-14-13-29(2)34(30,32)33)8-9-21(17)25(31)28-19-6-3-5-18(16-19)24-22-7-4-11-26-23(22)10-12-27-24/h3-12,15-16H,13-14H2,1-2H3,(H,28,31). The van der Waals surface area contributed by atoms with Gasteiger partial charge in [0, 0.05) is 54.7 Å². The molecular weight excluding hydrogens is 450 g/mol. The third-order valence-corrected chi connectivity index (χ3v) is 7.88. The number of aromatic nitrogens is 2. The molecule has 0 atom stereocenters. The van der Waals surface area contributed by atoms with Crippen LogP contribution in [-0.2, 0) is 10.2 Å². The molecule has 0 saturated carbocycles. The average Bonchev–Trinajstić information content (AvgIpc) is 3.10. The monoisotopic (exact) mass is 473 g/mol. The highest BCUT2D eigenvalue weighted by Crippen LogP contribution is 2.29. The summed E-state index contributed by atoms with van der Waals surface area (Å²) in [4.78, 5) is 21.9. The second-order valence-electron chi connectivity index (χ2n) is 8.17. The summed E-state index contributed by atoms with van der Waals surface area (Å²) in [5.74, 6) is -0.268. The van der Waals surface area contributed by atoms with Crippen LogP contribution in [0, 0.1) is 6.92 Å². The second-order valence-corrected chi connectivity index (χ2v) is 10.1. The highest BCUT2D eigenvalue weighted by Gasteiger charge is 2.34. The lowest BCUT2D eigenvalue weighted by Crippen LogP contribution is -2.30. The summed E-state index contributed by atoms with van der Waals surface area (Å²) in [6.07, 6.45) is 3.47. The van der Waals surface area contributed by atoms with E-state index in [9.17, 15) is 13.2 Å². The molecule has 9 heteroatoms. The summed E-state index contributed by atoms with van der Waals surface area (Å²) in [5, 5.41) is 3.88. The number of benzene rings is 2. The number of carbonyl (C=O) groups excluding carboxylic acids is 1. The Bertz CT molecular complexity index is 1520. The Balaban J connectivity index is 1.40. The highest BCUT2D eigenvalue weighted by molar-refractivity contribution is 7.90. The summed E-state index contributed by atoms with van der Waals surface area (Å²) in [6, 6.07) is 18.3. The molecule has 1 amide bonds. The first kappa shape index (κ1) is 22.0. The minimum atomic E-state index is -3.51. The zero-order valence-corrected chi connectivity index (χ0v) is 19.6. The predicted octanol–water partition coefficient (Wildman–Crippen LogP) is 3.85. The second kappa shape index (κ2) is 8.51. The molecule has 0 unspecified atom stereocenters. The van der Waals surface area contributed by atoms with Crippen LogP contribution < -0.4 is 9.62 Å². The van der Waals surface area contributed by atoms with E-state index in [0.29, 0.717) is 35.6 Å². The van der Waals surface area contributed by atoms with Gasteiger partial charge >= 0.3 is 10.2 Å². The number of fused-ring (bicyclic) bond motifs is 1. The molecule has 172 valence electrons. The molecule has 5 rings (SSSR count). The molecule has 4 aromatic rings. The third kappa shape index (κ3) is 3.89. The number of nitrogens with one attached hydrogen (secondary N) is 1. The normalized spacial score (nSPS) is 15.5. The smallest absolute Gasteiger partial charge is 0.303 e. The Hall–Kier alpha value is -3.82. The number of likely N-dealkylation sites (N-methyl/N-ethyl adjacent to an activating group) is 1. The van der Waals surface area contributed by atoms with Gasteiger partial charge in [0.2, 0.25) is 0 Å². The molecule has 0 bridgehead atoms. The molecule has 0 radical (unpaired) electrons. The van der Waals surface area contributed by atoms with E-state index in [4.69, 9.17) is 0 Å². The molecule has 0 aliphatic carbocycles. The van der Waals surface area contributed by atoms with Gasteiger partial charge in [0.1, 0.15) is 0 Å². The molecule has 1 N–H and O–H groups in total. The maximum absolute atomic E-state index is 13.0. The highest BCUT2D eigenvalue weighted by atomic mass is 32.2. The van der Waals surface area contributed by atoms with E-state index in [1.54, 1.807) is 44.6 Å². The lowest BCUT2D eigenvalue weighted by Gasteiger charge is -2.19. The Labute approximate surface area is 198 Å². The van der Waals surface area contributed by atoms with Crippen molar-refractivity contribution < 1.29 is 13.2 Å². The van der Waals surface area contributed by atoms with Crippen LogP contribution in [0.2, 0.25) is 0 Å². The summed E-state index contributed by atoms with van der Waals surface area (Å²) in [7, 11) is -1.95. The predicted molar refractivity (Wildman–Crippen MR) is 133 cm³/mol. The minimum absolute atomic E-state index is 0.268. The molecule has 1 aliphatic heterocycles. The number of aryl methyl sites for hydroxylation is 1. The number of hydrogen-bond acceptors (Lipinski definition) is 5. The van der Waals surface area contributed by atoms with Gasteiger partial charge in [0.15, 0.2) is 0 Å². The van der Waals surface area contributed by atoms with E-state index in [-0.39, 0.29) is 5.91 Å². The van der Waals surface area contributed by atoms with Crippen molar-refractivity contribution in [1.29, 1.82) is 0 Å². The minimum Gasteiger partial charge on any atom is -0.322 e. The molecule has 2 aromatic heterocycles. The fraction of sp³-hybridized carbons (Fsp3) is 0.160. The molecular formula is C25H23N5O3S. The first-order valence-electron chi connectivity index (χ1n) is 10.8. The quantitative estimate of drug-likeness (QED) is 0.486. The van der Waals surface area contributed by atoms with Gasteiger partial charge in [-0.1, -0.05) is 12.1 Å². The van der Waals surface area contributed by atoms with E-state index >= 15 is 0 Å². The molecule has 0 spiro atoms. The molecule has 8 nitrogen and oxygen atoms in total. The summed E-state index contributed by atoms with van der Waals surface area (Å²) >= 11 is 0. The lowest BCUT2D eigenvalue weighted by atomic mass is 10.0. The van der Waals surface area contributed by atoms with Crippen LogP contribution in [0.25, 0.3) is 22.2 Å². The van der Waals surface area contributed by atoms with E-state index in [0.717, 1.165) is 22.2 Å². The Morgan fingerprint density at radius 1 is 0.971 bits per heavy atom. The zero-order chi connectivity index (χ0) is 23.9. The van der Waals surface area contributed by atoms with Crippen LogP contribution in [-0.4, -0.2) is 48.7 Å². The van der Waals surface area contributed by atoms with Gasteiger partial charge in [-0.15, -0.1) is 0 Å². The molecule has 1 aliphatic rings. The number of amides is 1. The van der Waals surface area contributed by atoms with Crippen LogP contribution in [0.15, 0.2) is 73.1 Å². The van der Waals surface area contributed by atoms with Gasteiger partial charge in [0.05, 0.1) is 16.9 Å². The first-order chi connectivity index (χ1) is 16.3. The Kier molecular flexibility index (Phi) is 5.51. The van der Waals surface area contributed by atoms with Crippen molar-refractivity contribution in [3.05, 3.63) is 84.2 Å². The van der Waals surface area contributed by atoms with Crippen molar-refractivity contribution in [2.24, 2.45) is 0 Å². The molecule has 34 heavy (non-hydrogen) atoms. The number of rotatable bonds is 4. The van der Waals surface area contributed by atoms with Crippen molar-refractivity contribution in [3.8, 4) is 11.3 Å². The SMILES string of the molecule is Cc1cc(N2CCN(C)S2(=O)=O)ccc1C(=O)Nc1cccc(-c2nccc3ncccc23)c1. The summed E-state index contributed by atoms with van der Waals surface area (Å²) < 4.78 is 27.6. The molecule has 1 fully saturated rings. The van der Waals surface area contributed by atoms with E-state index in [2.05, 4.69) is 15.3 Å². The molecule has 3 heterocycles. The van der Waals surface area contributed by atoms with Gasteiger partial charge in [-0.3, -0.25) is 19.1 Å². The van der Waals surface area contributed by atoms with Crippen LogP contribution >= 0.6 is 0 Å². The van der Waals surface area contributed by atoms with Crippen LogP contribution in [0.5, 0.6) is 0 Å². The van der Waals surface area contributed by atoms with Crippen molar-refractivity contribution >= 4 is 38.4 Å². The van der Waals surface area contributed by atoms with E-state index in [1.165, 1.54) is 8.61 Å². The van der Waals surface area contributed by atoms with Gasteiger partial charge in [-0.05, 0) is 61.0 Å². The zero-order valence-electron chi connectivity index (χ0n) is 18.8. The van der Waals surface area contributed by atoms with Crippen LogP contribution in [0.3, 0.4) is 0 Å². The third-order valence-electron chi connectivity index (χ3n) is 5.96. The number of hydrogen-bond donors (Lipinski definition) is 1. The van der Waals surface area contributed by atoms with Gasteiger partial charge in [0.25, 0.3) is 5.91 Å². The molecule has 2 aromatic carbocycles. The topological polar surface area (TPSA) is 95.5 Å². The van der Waals surface area contributed by atoms with Crippen molar-refractivity contribution in [1.82, 2.24) is 14.3 Å². The van der Waals surface area contributed by atoms with Crippen molar-refractivity contribution in [2.45, 2.75) is 6.92 Å². The van der Waals surface area contributed by atoms with Crippen molar-refractivity contribution in [3.63, 3.8) is 0 Å². The van der Waals surface area contributed by atoms with Crippen LogP contribution in [0.1, 0.15) is 15.9 Å². The Morgan fingerprint density at radius 2 is 1.82 bits per heavy atom. The lowest BCUT2D eigenvalue weighted by molar-refractivity contribution is 0.102. The number of anilines is 2. The maximum atomic E-state index is 13.0. The number of carbonyl (C=O) groups is 1. The summed E-state index contributed by atoms with van der Waals surface area (Å²) in [6.45, 7) is 2.62. The van der Waals surface area contributed by atoms with Gasteiger partial charge in [-0.25, -0.2) is 0 Å². The van der Waals surface area contributed by atoms with Crippen LogP contribution in [0.4, 0.5) is 11.4 Å². The van der Waals surface area contributed by atoms with Gasteiger partial charge < -0.3 is 5.32 Å². The number of pyridine rings is 2. The van der Waals surface area contributed by atoms with Crippen molar-refractivity contribution in [2.75, 3.05) is 29.8 Å². The van der Waals surface area contributed by atoms with Gasteiger partial charge in [-0.2, -0.15) is 12.7 Å². The maximum Gasteiger partial charge on any atom is 0.303 e. The largest absolute Gasteiger partial charge is 0.322 e. The molecule has 1 saturated heterocycles. The Morgan fingerprint density at radius 3 is 2.59 bits per heavy atom. The average molecular weight is 474 g/mol. The summed E-state index contributed by atoms with van der Waals surface area (Å²) in [5.41, 5.74) is 4.87. The fourth-order valence-electron chi connectivity index (χ4n) is 4.13. The first-order valence-corrected chi connectivity index (χ1v) is 12.2. The fourth-order valence-corrected chi connectivity index (χ4v) is 5.47. The van der Waals surface area contributed by atoms with E-state index in [1.807, 2.05) is 42.5 Å². The van der Waals surface area contributed by atoms with E-state index < -0.39 is 10.2 Å².